The van der Waals surface area contributed by atoms with Crippen LogP contribution in [0.4, 0.5) is 5.69 Å². The summed E-state index contributed by atoms with van der Waals surface area (Å²) >= 11 is 1.29. The summed E-state index contributed by atoms with van der Waals surface area (Å²) in [4.78, 5) is 18.3. The van der Waals surface area contributed by atoms with Crippen LogP contribution >= 0.6 is 11.8 Å². The second-order valence-electron chi connectivity index (χ2n) is 9.45. The molecule has 0 aliphatic rings. The number of benzene rings is 3. The lowest BCUT2D eigenvalue weighted by atomic mass is 9.98. The molecular formula is C33H33N3O4S. The minimum atomic E-state index is -0.478. The Labute approximate surface area is 245 Å². The number of ether oxygens (including phenoxy) is 3. The molecule has 1 amide bonds. The first-order chi connectivity index (χ1) is 19.8. The molecule has 0 aliphatic heterocycles. The van der Waals surface area contributed by atoms with Gasteiger partial charge in [0.25, 0.3) is 0 Å². The third kappa shape index (κ3) is 6.47. The number of nitriles is 1. The van der Waals surface area contributed by atoms with Gasteiger partial charge >= 0.3 is 0 Å². The third-order valence-electron chi connectivity index (χ3n) is 6.70. The van der Waals surface area contributed by atoms with E-state index >= 15 is 0 Å². The molecule has 1 N–H and O–H groups in total. The number of nitrogens with zero attached hydrogens (tertiary/aromatic N) is 2. The van der Waals surface area contributed by atoms with Crippen LogP contribution in [0.2, 0.25) is 0 Å². The smallest absolute Gasteiger partial charge is 0.237 e. The number of carbonyl (C=O) groups excluding carboxylic acids is 1. The van der Waals surface area contributed by atoms with Gasteiger partial charge in [-0.25, -0.2) is 4.98 Å². The van der Waals surface area contributed by atoms with Gasteiger partial charge in [-0.2, -0.15) is 5.26 Å². The molecule has 7 nitrogen and oxygen atoms in total. The number of aryl methyl sites for hydroxylation is 2. The van der Waals surface area contributed by atoms with Crippen LogP contribution in [0.3, 0.4) is 0 Å². The van der Waals surface area contributed by atoms with Gasteiger partial charge < -0.3 is 19.5 Å². The van der Waals surface area contributed by atoms with E-state index in [0.717, 1.165) is 22.4 Å². The van der Waals surface area contributed by atoms with E-state index < -0.39 is 5.25 Å². The van der Waals surface area contributed by atoms with E-state index in [1.54, 1.807) is 21.3 Å². The number of thioether (sulfide) groups is 1. The highest BCUT2D eigenvalue weighted by Gasteiger charge is 2.25. The van der Waals surface area contributed by atoms with Crippen LogP contribution in [0.1, 0.15) is 30.0 Å². The highest BCUT2D eigenvalue weighted by molar-refractivity contribution is 8.00. The maximum atomic E-state index is 13.4. The SMILES string of the molecule is CCC(Sc1nc(-c2ccccc2)cc(-c2cc(OC)c(OC)c(OC)c2)c1C#N)C(=O)Nc1ccc(C)cc1C. The van der Waals surface area contributed by atoms with Crippen LogP contribution in [0.25, 0.3) is 22.4 Å². The molecule has 210 valence electrons. The molecule has 4 rings (SSSR count). The molecule has 1 unspecified atom stereocenters. The Balaban J connectivity index is 1.84. The lowest BCUT2D eigenvalue weighted by Gasteiger charge is -2.19. The second-order valence-corrected chi connectivity index (χ2v) is 10.6. The van der Waals surface area contributed by atoms with Gasteiger partial charge in [0, 0.05) is 16.8 Å². The van der Waals surface area contributed by atoms with Crippen LogP contribution in [0.5, 0.6) is 17.2 Å². The zero-order chi connectivity index (χ0) is 29.5. The molecular weight excluding hydrogens is 534 g/mol. The van der Waals surface area contributed by atoms with E-state index in [0.29, 0.717) is 51.1 Å². The summed E-state index contributed by atoms with van der Waals surface area (Å²) in [5, 5.41) is 13.5. The fourth-order valence-electron chi connectivity index (χ4n) is 4.56. The second kappa shape index (κ2) is 13.2. The minimum Gasteiger partial charge on any atom is -0.493 e. The monoisotopic (exact) mass is 567 g/mol. The van der Waals surface area contributed by atoms with E-state index in [9.17, 15) is 10.1 Å². The Morgan fingerprint density at radius 1 is 0.951 bits per heavy atom. The van der Waals surface area contributed by atoms with Crippen molar-refractivity contribution in [2.45, 2.75) is 37.5 Å². The van der Waals surface area contributed by atoms with Gasteiger partial charge in [-0.05, 0) is 55.7 Å². The van der Waals surface area contributed by atoms with E-state index in [1.807, 2.05) is 87.5 Å². The fraction of sp³-hybridized carbons (Fsp3) is 0.242. The van der Waals surface area contributed by atoms with Gasteiger partial charge in [-0.1, -0.05) is 66.7 Å². The van der Waals surface area contributed by atoms with Gasteiger partial charge in [-0.15, -0.1) is 0 Å². The van der Waals surface area contributed by atoms with Crippen LogP contribution in [0.15, 0.2) is 71.8 Å². The number of pyridine rings is 1. The van der Waals surface area contributed by atoms with E-state index in [4.69, 9.17) is 19.2 Å². The van der Waals surface area contributed by atoms with Crippen molar-refractivity contribution in [3.05, 3.63) is 83.4 Å². The summed E-state index contributed by atoms with van der Waals surface area (Å²) in [6.07, 6.45) is 0.545. The highest BCUT2D eigenvalue weighted by atomic mass is 32.2. The maximum absolute atomic E-state index is 13.4. The first-order valence-corrected chi connectivity index (χ1v) is 14.1. The predicted octanol–water partition coefficient (Wildman–Crippen LogP) is 7.44. The Hall–Kier alpha value is -4.48. The molecule has 3 aromatic carbocycles. The molecule has 0 spiro atoms. The number of amides is 1. The number of anilines is 1. The van der Waals surface area contributed by atoms with Gasteiger partial charge in [0.2, 0.25) is 11.7 Å². The highest BCUT2D eigenvalue weighted by Crippen LogP contribution is 2.44. The van der Waals surface area contributed by atoms with Crippen molar-refractivity contribution in [2.75, 3.05) is 26.6 Å². The molecule has 4 aromatic rings. The van der Waals surface area contributed by atoms with Gasteiger partial charge in [0.1, 0.15) is 11.1 Å². The van der Waals surface area contributed by atoms with Crippen LogP contribution in [0, 0.1) is 25.2 Å². The standard InChI is InChI=1S/C33H33N3O4S/c1-7-30(32(37)35-26-14-13-20(2)15-21(26)3)41-33-25(19-34)24(18-27(36-33)22-11-9-8-10-12-22)23-16-28(38-4)31(40-6)29(17-23)39-5/h8-18,30H,7H2,1-6H3,(H,35,37). The number of nitrogens with one attached hydrogen (secondary N) is 1. The summed E-state index contributed by atoms with van der Waals surface area (Å²) < 4.78 is 16.7. The molecule has 0 saturated carbocycles. The zero-order valence-electron chi connectivity index (χ0n) is 24.1. The molecule has 1 atom stereocenters. The summed E-state index contributed by atoms with van der Waals surface area (Å²) in [5.41, 5.74) is 6.16. The Morgan fingerprint density at radius 3 is 2.20 bits per heavy atom. The third-order valence-corrected chi connectivity index (χ3v) is 8.05. The number of rotatable bonds is 10. The molecule has 0 fully saturated rings. The largest absolute Gasteiger partial charge is 0.493 e. The van der Waals surface area contributed by atoms with Crippen molar-refractivity contribution in [2.24, 2.45) is 0 Å². The van der Waals surface area contributed by atoms with Crippen LogP contribution in [-0.2, 0) is 4.79 Å². The molecule has 8 heteroatoms. The van der Waals surface area contributed by atoms with Gasteiger partial charge in [0.05, 0.1) is 37.8 Å². The number of methoxy groups -OCH3 is 3. The summed E-state index contributed by atoms with van der Waals surface area (Å²) in [5.74, 6) is 1.25. The molecule has 0 bridgehead atoms. The van der Waals surface area contributed by atoms with Gasteiger partial charge in [-0.3, -0.25) is 4.79 Å². The van der Waals surface area contributed by atoms with E-state index in [2.05, 4.69) is 11.4 Å². The molecule has 41 heavy (non-hydrogen) atoms. The Kier molecular flexibility index (Phi) is 9.53. The minimum absolute atomic E-state index is 0.144. The van der Waals surface area contributed by atoms with Gasteiger partial charge in [0.15, 0.2) is 11.5 Å². The molecule has 0 saturated heterocycles. The van der Waals surface area contributed by atoms with E-state index in [1.165, 1.54) is 11.8 Å². The summed E-state index contributed by atoms with van der Waals surface area (Å²) in [7, 11) is 4.65. The number of hydrogen-bond donors (Lipinski definition) is 1. The first kappa shape index (κ1) is 29.5. The summed E-state index contributed by atoms with van der Waals surface area (Å²) in [6.45, 7) is 5.94. The molecule has 0 radical (unpaired) electrons. The normalized spacial score (nSPS) is 11.3. The Bertz CT molecular complexity index is 1570. The van der Waals surface area contributed by atoms with Crippen LogP contribution < -0.4 is 19.5 Å². The predicted molar refractivity (Wildman–Crippen MR) is 164 cm³/mol. The lowest BCUT2D eigenvalue weighted by Crippen LogP contribution is -2.25. The lowest BCUT2D eigenvalue weighted by molar-refractivity contribution is -0.115. The maximum Gasteiger partial charge on any atom is 0.237 e. The first-order valence-electron chi connectivity index (χ1n) is 13.2. The van der Waals surface area contributed by atoms with Crippen molar-refractivity contribution in [3.8, 4) is 45.7 Å². The molecule has 1 aromatic heterocycles. The molecule has 0 aliphatic carbocycles. The topological polar surface area (TPSA) is 93.5 Å². The number of hydrogen-bond acceptors (Lipinski definition) is 7. The Morgan fingerprint density at radius 2 is 1.63 bits per heavy atom. The number of carbonyl (C=O) groups is 1. The fourth-order valence-corrected chi connectivity index (χ4v) is 5.59. The van der Waals surface area contributed by atoms with Crippen LogP contribution in [-0.4, -0.2) is 37.5 Å². The number of aromatic nitrogens is 1. The van der Waals surface area contributed by atoms with Crippen molar-refractivity contribution in [1.82, 2.24) is 4.98 Å². The van der Waals surface area contributed by atoms with E-state index in [-0.39, 0.29) is 5.91 Å². The quantitative estimate of drug-likeness (QED) is 0.199. The zero-order valence-corrected chi connectivity index (χ0v) is 24.9. The van der Waals surface area contributed by atoms with Crippen molar-refractivity contribution < 1.29 is 19.0 Å². The average Bonchev–Trinajstić information content (AvgIpc) is 3.00. The van der Waals surface area contributed by atoms with Crippen molar-refractivity contribution in [3.63, 3.8) is 0 Å². The molecule has 1 heterocycles. The van der Waals surface area contributed by atoms with Crippen molar-refractivity contribution in [1.29, 1.82) is 5.26 Å². The summed E-state index contributed by atoms with van der Waals surface area (Å²) in [6, 6.07) is 23.5. The average molecular weight is 568 g/mol. The van der Waals surface area contributed by atoms with Crippen molar-refractivity contribution >= 4 is 23.4 Å².